The lowest BCUT2D eigenvalue weighted by Gasteiger charge is -2.03. The van der Waals surface area contributed by atoms with Gasteiger partial charge in [-0.1, -0.05) is 0 Å². The number of nitrogens with zero attached hydrogens (tertiary/aromatic N) is 2. The normalized spacial score (nSPS) is 12.7. The van der Waals surface area contributed by atoms with E-state index >= 15 is 0 Å². The highest BCUT2D eigenvalue weighted by atomic mass is 16.5. The van der Waals surface area contributed by atoms with Crippen LogP contribution in [-0.4, -0.2) is 51.4 Å². The van der Waals surface area contributed by atoms with Gasteiger partial charge in [0.05, 0.1) is 32.0 Å². The molecule has 0 aliphatic heterocycles. The van der Waals surface area contributed by atoms with Crippen molar-refractivity contribution in [1.82, 2.24) is 0 Å². The minimum Gasteiger partial charge on any atom is -0.466 e. The fraction of sp³-hybridized carbons (Fsp3) is 0.750. The van der Waals surface area contributed by atoms with Crippen LogP contribution < -0.4 is 0 Å². The molecule has 0 saturated carbocycles. The maximum absolute atomic E-state index is 11.2. The van der Waals surface area contributed by atoms with Gasteiger partial charge in [-0.25, -0.2) is 0 Å². The van der Waals surface area contributed by atoms with Crippen LogP contribution in [0.2, 0.25) is 0 Å². The standard InChI is InChI=1S/C12H22N2O4/c1-5-18-12(15)8-10(2)13-14-11(9-17-4)6-7-16-3/h5-9H2,1-4H3/b13-10-,14-11-. The van der Waals surface area contributed by atoms with E-state index in [1.165, 1.54) is 0 Å². The molecule has 0 aromatic carbocycles. The lowest BCUT2D eigenvalue weighted by Crippen LogP contribution is -2.11. The maximum Gasteiger partial charge on any atom is 0.311 e. The molecule has 104 valence electrons. The second-order valence-corrected chi connectivity index (χ2v) is 3.66. The van der Waals surface area contributed by atoms with Crippen LogP contribution in [0.3, 0.4) is 0 Å². The van der Waals surface area contributed by atoms with Crippen LogP contribution in [0.5, 0.6) is 0 Å². The van der Waals surface area contributed by atoms with E-state index in [0.717, 1.165) is 5.71 Å². The summed E-state index contributed by atoms with van der Waals surface area (Å²) in [7, 11) is 3.22. The molecule has 6 heteroatoms. The Labute approximate surface area is 108 Å². The Morgan fingerprint density at radius 1 is 1.17 bits per heavy atom. The Kier molecular flexibility index (Phi) is 10.1. The predicted octanol–water partition coefficient (Wildman–Crippen LogP) is 1.44. The first kappa shape index (κ1) is 16.7. The van der Waals surface area contributed by atoms with Gasteiger partial charge in [-0.3, -0.25) is 4.79 Å². The Bertz CT molecular complexity index is 300. The zero-order valence-corrected chi connectivity index (χ0v) is 11.6. The SMILES string of the molecule is CCOC(=O)C/C(C)=N\N=C(\CCOC)COC. The highest BCUT2D eigenvalue weighted by Gasteiger charge is 2.04. The minimum absolute atomic E-state index is 0.155. The van der Waals surface area contributed by atoms with E-state index in [9.17, 15) is 4.79 Å². The third-order valence-corrected chi connectivity index (χ3v) is 1.97. The molecule has 0 saturated heterocycles. The third-order valence-electron chi connectivity index (χ3n) is 1.97. The van der Waals surface area contributed by atoms with Gasteiger partial charge in [0.25, 0.3) is 0 Å². The molecule has 0 aliphatic carbocycles. The van der Waals surface area contributed by atoms with Gasteiger partial charge in [-0.05, 0) is 13.8 Å². The molecule has 0 spiro atoms. The fourth-order valence-corrected chi connectivity index (χ4v) is 1.15. The van der Waals surface area contributed by atoms with Crippen LogP contribution in [0, 0.1) is 0 Å². The van der Waals surface area contributed by atoms with Crippen molar-refractivity contribution in [1.29, 1.82) is 0 Å². The van der Waals surface area contributed by atoms with Gasteiger partial charge in [0, 0.05) is 26.4 Å². The number of methoxy groups -OCH3 is 2. The number of rotatable bonds is 9. The molecule has 0 radical (unpaired) electrons. The van der Waals surface area contributed by atoms with E-state index in [0.29, 0.717) is 32.0 Å². The van der Waals surface area contributed by atoms with Crippen molar-refractivity contribution in [3.63, 3.8) is 0 Å². The fourth-order valence-electron chi connectivity index (χ4n) is 1.15. The van der Waals surface area contributed by atoms with E-state index in [-0.39, 0.29) is 12.4 Å². The average molecular weight is 258 g/mol. The summed E-state index contributed by atoms with van der Waals surface area (Å²) in [6.07, 6.45) is 0.808. The summed E-state index contributed by atoms with van der Waals surface area (Å²) in [5, 5.41) is 8.04. The largest absolute Gasteiger partial charge is 0.466 e. The number of hydrogen-bond donors (Lipinski definition) is 0. The van der Waals surface area contributed by atoms with Crippen LogP contribution in [0.25, 0.3) is 0 Å². The second kappa shape index (κ2) is 10.9. The topological polar surface area (TPSA) is 69.5 Å². The Morgan fingerprint density at radius 2 is 1.89 bits per heavy atom. The zero-order chi connectivity index (χ0) is 13.8. The van der Waals surface area contributed by atoms with E-state index in [1.54, 1.807) is 28.1 Å². The summed E-state index contributed by atoms with van der Waals surface area (Å²) in [6, 6.07) is 0. The summed E-state index contributed by atoms with van der Waals surface area (Å²) in [4.78, 5) is 11.2. The zero-order valence-electron chi connectivity index (χ0n) is 11.6. The molecular formula is C12H22N2O4. The summed E-state index contributed by atoms with van der Waals surface area (Å²) in [5.41, 5.74) is 1.39. The van der Waals surface area contributed by atoms with Gasteiger partial charge in [-0.15, -0.1) is 0 Å². The van der Waals surface area contributed by atoms with Crippen molar-refractivity contribution in [3.8, 4) is 0 Å². The van der Waals surface area contributed by atoms with Crippen LogP contribution >= 0.6 is 0 Å². The van der Waals surface area contributed by atoms with E-state index in [2.05, 4.69) is 10.2 Å². The van der Waals surface area contributed by atoms with E-state index in [4.69, 9.17) is 14.2 Å². The molecule has 6 nitrogen and oxygen atoms in total. The van der Waals surface area contributed by atoms with Gasteiger partial charge >= 0.3 is 5.97 Å². The smallest absolute Gasteiger partial charge is 0.311 e. The Balaban J connectivity index is 4.35. The van der Waals surface area contributed by atoms with Crippen LogP contribution in [0.1, 0.15) is 26.7 Å². The molecule has 18 heavy (non-hydrogen) atoms. The van der Waals surface area contributed by atoms with Crippen LogP contribution in [-0.2, 0) is 19.0 Å². The third kappa shape index (κ3) is 8.83. The van der Waals surface area contributed by atoms with Crippen molar-refractivity contribution < 1.29 is 19.0 Å². The Morgan fingerprint density at radius 3 is 2.44 bits per heavy atom. The van der Waals surface area contributed by atoms with Crippen molar-refractivity contribution in [2.45, 2.75) is 26.7 Å². The molecule has 0 unspecified atom stereocenters. The summed E-state index contributed by atoms with van der Waals surface area (Å²) in [6.45, 7) is 4.84. The molecule has 0 bridgehead atoms. The Hall–Kier alpha value is -1.27. The highest BCUT2D eigenvalue weighted by Crippen LogP contribution is 1.95. The van der Waals surface area contributed by atoms with Gasteiger partial charge in [-0.2, -0.15) is 10.2 Å². The first-order chi connectivity index (χ1) is 8.63. The lowest BCUT2D eigenvalue weighted by atomic mass is 10.3. The van der Waals surface area contributed by atoms with E-state index in [1.807, 2.05) is 0 Å². The molecule has 0 aromatic heterocycles. The minimum atomic E-state index is -0.292. The first-order valence-electron chi connectivity index (χ1n) is 5.86. The van der Waals surface area contributed by atoms with Crippen LogP contribution in [0.4, 0.5) is 0 Å². The monoisotopic (exact) mass is 258 g/mol. The molecule has 0 atom stereocenters. The molecule has 0 heterocycles. The highest BCUT2D eigenvalue weighted by molar-refractivity contribution is 5.98. The number of carbonyl (C=O) groups excluding carboxylic acids is 1. The number of esters is 1. The van der Waals surface area contributed by atoms with Crippen molar-refractivity contribution in [2.75, 3.05) is 34.0 Å². The molecular weight excluding hydrogens is 236 g/mol. The molecule has 0 amide bonds. The number of ether oxygens (including phenoxy) is 3. The second-order valence-electron chi connectivity index (χ2n) is 3.66. The van der Waals surface area contributed by atoms with Gasteiger partial charge in [0.1, 0.15) is 0 Å². The molecule has 0 fully saturated rings. The van der Waals surface area contributed by atoms with Gasteiger partial charge in [0.15, 0.2) is 0 Å². The predicted molar refractivity (Wildman–Crippen MR) is 70.2 cm³/mol. The number of hydrogen-bond acceptors (Lipinski definition) is 6. The van der Waals surface area contributed by atoms with Crippen molar-refractivity contribution in [2.24, 2.45) is 10.2 Å². The van der Waals surface area contributed by atoms with Gasteiger partial charge < -0.3 is 14.2 Å². The maximum atomic E-state index is 11.2. The summed E-state index contributed by atoms with van der Waals surface area (Å²) in [5.74, 6) is -0.292. The molecule has 0 aromatic rings. The first-order valence-corrected chi connectivity index (χ1v) is 5.86. The van der Waals surface area contributed by atoms with Crippen molar-refractivity contribution in [3.05, 3.63) is 0 Å². The summed E-state index contributed by atoms with van der Waals surface area (Å²) >= 11 is 0. The van der Waals surface area contributed by atoms with E-state index < -0.39 is 0 Å². The quantitative estimate of drug-likeness (QED) is 0.356. The molecule has 0 rings (SSSR count). The average Bonchev–Trinajstić information content (AvgIpc) is 2.33. The van der Waals surface area contributed by atoms with Crippen molar-refractivity contribution >= 4 is 17.4 Å². The number of carbonyl (C=O) groups is 1. The summed E-state index contributed by atoms with van der Waals surface area (Å²) < 4.78 is 14.8. The molecule has 0 N–H and O–H groups in total. The lowest BCUT2D eigenvalue weighted by molar-refractivity contribution is -0.141. The molecule has 0 aliphatic rings. The van der Waals surface area contributed by atoms with Gasteiger partial charge in [0.2, 0.25) is 0 Å². The van der Waals surface area contributed by atoms with Crippen LogP contribution in [0.15, 0.2) is 10.2 Å².